The number of fused-ring (bicyclic) bond motifs is 1. The van der Waals surface area contributed by atoms with Gasteiger partial charge in [-0.2, -0.15) is 0 Å². The molecule has 3 saturated heterocycles. The lowest BCUT2D eigenvalue weighted by Crippen LogP contribution is -2.59. The molecule has 3 fully saturated rings. The average Bonchev–Trinajstić information content (AvgIpc) is 2.53. The van der Waals surface area contributed by atoms with E-state index in [0.717, 1.165) is 45.3 Å². The largest absolute Gasteiger partial charge is 0.340 e. The number of hydrogen-bond acceptors (Lipinski definition) is 4. The van der Waals surface area contributed by atoms with Crippen molar-refractivity contribution in [2.24, 2.45) is 0 Å². The lowest BCUT2D eigenvalue weighted by Gasteiger charge is -2.47. The molecule has 0 bridgehead atoms. The van der Waals surface area contributed by atoms with Crippen molar-refractivity contribution in [3.8, 4) is 0 Å². The van der Waals surface area contributed by atoms with Gasteiger partial charge in [-0.25, -0.2) is 0 Å². The number of carbonyl (C=O) groups excluding carboxylic acids is 1. The van der Waals surface area contributed by atoms with Crippen molar-refractivity contribution >= 4 is 5.91 Å². The van der Waals surface area contributed by atoms with Crippen LogP contribution >= 0.6 is 0 Å². The van der Waals surface area contributed by atoms with E-state index >= 15 is 0 Å². The molecule has 3 aliphatic heterocycles. The molecule has 2 unspecified atom stereocenters. The lowest BCUT2D eigenvalue weighted by atomic mass is 9.97. The molecule has 0 spiro atoms. The summed E-state index contributed by atoms with van der Waals surface area (Å²) in [5.41, 5.74) is 0. The Morgan fingerprint density at radius 3 is 2.76 bits per heavy atom. The van der Waals surface area contributed by atoms with Crippen LogP contribution in [-0.4, -0.2) is 85.0 Å². The van der Waals surface area contributed by atoms with Crippen molar-refractivity contribution in [2.75, 3.05) is 52.4 Å². The Balaban J connectivity index is 1.46. The molecule has 0 aliphatic carbocycles. The van der Waals surface area contributed by atoms with Gasteiger partial charge in [0.1, 0.15) is 0 Å². The number of nitrogens with zero attached hydrogens (tertiary/aromatic N) is 3. The molecular formula is C16H30N4O. The van der Waals surface area contributed by atoms with Crippen LogP contribution in [0.15, 0.2) is 0 Å². The van der Waals surface area contributed by atoms with Crippen molar-refractivity contribution in [3.63, 3.8) is 0 Å². The third-order valence-electron chi connectivity index (χ3n) is 5.40. The molecule has 2 atom stereocenters. The average molecular weight is 294 g/mol. The zero-order chi connectivity index (χ0) is 14.7. The summed E-state index contributed by atoms with van der Waals surface area (Å²) in [5.74, 6) is 0.342. The van der Waals surface area contributed by atoms with E-state index < -0.39 is 0 Å². The Labute approximate surface area is 128 Å². The van der Waals surface area contributed by atoms with Gasteiger partial charge < -0.3 is 10.2 Å². The van der Waals surface area contributed by atoms with E-state index in [0.29, 0.717) is 18.4 Å². The Hall–Kier alpha value is -0.650. The van der Waals surface area contributed by atoms with Crippen molar-refractivity contribution in [2.45, 2.75) is 44.7 Å². The van der Waals surface area contributed by atoms with E-state index in [-0.39, 0.29) is 0 Å². The highest BCUT2D eigenvalue weighted by Gasteiger charge is 2.33. The molecule has 3 rings (SSSR count). The number of nitrogens with one attached hydrogen (secondary N) is 1. The van der Waals surface area contributed by atoms with Gasteiger partial charge in [0.2, 0.25) is 5.91 Å². The maximum atomic E-state index is 12.3. The quantitative estimate of drug-likeness (QED) is 0.816. The standard InChI is InChI=1S/C16H30N4O/c1-14-12-20-8-3-2-4-15(20)13-19(14)9-5-16(21)18-10-6-17-7-11-18/h14-15,17H,2-13H2,1H3. The van der Waals surface area contributed by atoms with E-state index in [1.165, 1.54) is 32.4 Å². The molecule has 21 heavy (non-hydrogen) atoms. The number of amides is 1. The molecule has 0 aromatic rings. The van der Waals surface area contributed by atoms with E-state index in [1.54, 1.807) is 0 Å². The van der Waals surface area contributed by atoms with Crippen molar-refractivity contribution in [3.05, 3.63) is 0 Å². The highest BCUT2D eigenvalue weighted by Crippen LogP contribution is 2.24. The van der Waals surface area contributed by atoms with Gasteiger partial charge in [0.25, 0.3) is 0 Å². The Morgan fingerprint density at radius 2 is 1.95 bits per heavy atom. The van der Waals surface area contributed by atoms with Gasteiger partial charge in [-0.1, -0.05) is 6.42 Å². The van der Waals surface area contributed by atoms with Crippen molar-refractivity contribution in [1.82, 2.24) is 20.0 Å². The third kappa shape index (κ3) is 3.76. The van der Waals surface area contributed by atoms with Crippen molar-refractivity contribution < 1.29 is 4.79 Å². The second-order valence-corrected chi connectivity index (χ2v) is 6.87. The first kappa shape index (κ1) is 15.3. The first-order chi connectivity index (χ1) is 10.2. The zero-order valence-corrected chi connectivity index (χ0v) is 13.4. The van der Waals surface area contributed by atoms with E-state index in [1.807, 2.05) is 4.90 Å². The first-order valence-corrected chi connectivity index (χ1v) is 8.70. The van der Waals surface area contributed by atoms with Crippen molar-refractivity contribution in [1.29, 1.82) is 0 Å². The van der Waals surface area contributed by atoms with Crippen LogP contribution in [0, 0.1) is 0 Å². The molecule has 3 aliphatic rings. The SMILES string of the molecule is CC1CN2CCCCC2CN1CCC(=O)N1CCNCC1. The van der Waals surface area contributed by atoms with Gasteiger partial charge in [0.05, 0.1) is 0 Å². The van der Waals surface area contributed by atoms with Crippen LogP contribution in [0.25, 0.3) is 0 Å². The molecule has 5 nitrogen and oxygen atoms in total. The fourth-order valence-corrected chi connectivity index (χ4v) is 4.04. The van der Waals surface area contributed by atoms with E-state index in [2.05, 4.69) is 22.0 Å². The third-order valence-corrected chi connectivity index (χ3v) is 5.40. The summed E-state index contributed by atoms with van der Waals surface area (Å²) >= 11 is 0. The predicted octanol–water partition coefficient (Wildman–Crippen LogP) is 0.367. The second-order valence-electron chi connectivity index (χ2n) is 6.87. The number of piperidine rings is 1. The minimum atomic E-state index is 0.342. The second kappa shape index (κ2) is 7.07. The maximum Gasteiger partial charge on any atom is 0.223 e. The van der Waals surface area contributed by atoms with Gasteiger partial charge in [0, 0.05) is 64.3 Å². The van der Waals surface area contributed by atoms with Gasteiger partial charge in [-0.3, -0.25) is 14.6 Å². The summed E-state index contributed by atoms with van der Waals surface area (Å²) < 4.78 is 0. The fourth-order valence-electron chi connectivity index (χ4n) is 4.04. The Bertz CT molecular complexity index is 356. The summed E-state index contributed by atoms with van der Waals surface area (Å²) in [5, 5.41) is 3.30. The highest BCUT2D eigenvalue weighted by atomic mass is 16.2. The molecule has 3 heterocycles. The first-order valence-electron chi connectivity index (χ1n) is 8.70. The van der Waals surface area contributed by atoms with E-state index in [4.69, 9.17) is 0 Å². The topological polar surface area (TPSA) is 38.8 Å². The minimum Gasteiger partial charge on any atom is -0.340 e. The van der Waals surface area contributed by atoms with Gasteiger partial charge in [-0.05, 0) is 26.3 Å². The summed E-state index contributed by atoms with van der Waals surface area (Å²) in [6.07, 6.45) is 4.78. The molecule has 5 heteroatoms. The van der Waals surface area contributed by atoms with Crippen LogP contribution < -0.4 is 5.32 Å². The monoisotopic (exact) mass is 294 g/mol. The fraction of sp³-hybridized carbons (Fsp3) is 0.938. The molecular weight excluding hydrogens is 264 g/mol. The maximum absolute atomic E-state index is 12.3. The van der Waals surface area contributed by atoms with Crippen LogP contribution in [0.4, 0.5) is 0 Å². The van der Waals surface area contributed by atoms with Crippen LogP contribution in [0.2, 0.25) is 0 Å². The lowest BCUT2D eigenvalue weighted by molar-refractivity contribution is -0.132. The zero-order valence-electron chi connectivity index (χ0n) is 13.4. The van der Waals surface area contributed by atoms with Crippen LogP contribution in [-0.2, 0) is 4.79 Å². The Morgan fingerprint density at radius 1 is 1.14 bits per heavy atom. The molecule has 120 valence electrons. The van der Waals surface area contributed by atoms with Gasteiger partial charge in [-0.15, -0.1) is 0 Å². The summed E-state index contributed by atoms with van der Waals surface area (Å²) in [7, 11) is 0. The highest BCUT2D eigenvalue weighted by molar-refractivity contribution is 5.76. The summed E-state index contributed by atoms with van der Waals surface area (Å²) in [6.45, 7) is 10.5. The smallest absolute Gasteiger partial charge is 0.223 e. The van der Waals surface area contributed by atoms with Crippen LogP contribution in [0.1, 0.15) is 32.6 Å². The molecule has 1 N–H and O–H groups in total. The van der Waals surface area contributed by atoms with Crippen LogP contribution in [0.5, 0.6) is 0 Å². The number of piperazine rings is 2. The Kier molecular flexibility index (Phi) is 5.14. The number of carbonyl (C=O) groups is 1. The van der Waals surface area contributed by atoms with Gasteiger partial charge >= 0.3 is 0 Å². The molecule has 0 radical (unpaired) electrons. The number of rotatable bonds is 3. The molecule has 0 aromatic carbocycles. The van der Waals surface area contributed by atoms with Crippen LogP contribution in [0.3, 0.4) is 0 Å². The molecule has 0 saturated carbocycles. The van der Waals surface area contributed by atoms with Gasteiger partial charge in [0.15, 0.2) is 0 Å². The number of hydrogen-bond donors (Lipinski definition) is 1. The summed E-state index contributed by atoms with van der Waals surface area (Å²) in [6, 6.07) is 1.33. The summed E-state index contributed by atoms with van der Waals surface area (Å²) in [4.78, 5) is 19.5. The normalized spacial score (nSPS) is 32.0. The predicted molar refractivity (Wildman–Crippen MR) is 84.3 cm³/mol. The minimum absolute atomic E-state index is 0.342. The molecule has 1 amide bonds. The molecule has 0 aromatic heterocycles. The van der Waals surface area contributed by atoms with E-state index in [9.17, 15) is 4.79 Å².